The van der Waals surface area contributed by atoms with Crippen LogP contribution in [0.4, 0.5) is 0 Å². The summed E-state index contributed by atoms with van der Waals surface area (Å²) in [5.74, 6) is 3.26. The van der Waals surface area contributed by atoms with Gasteiger partial charge >= 0.3 is 0 Å². The SMILES string of the molecule is CCOc1ccc(C2c3c(-c4ccc(OC)cc4)n[nH]c3C(=O)N2CCc2ccc(OC)c(OC)c2)cc1OCC. The maximum Gasteiger partial charge on any atom is 0.273 e. The molecule has 214 valence electrons. The van der Waals surface area contributed by atoms with E-state index < -0.39 is 0 Å². The largest absolute Gasteiger partial charge is 0.497 e. The zero-order valence-electron chi connectivity index (χ0n) is 24.0. The Morgan fingerprint density at radius 3 is 2.20 bits per heavy atom. The molecule has 9 heteroatoms. The Hall–Kier alpha value is -4.66. The summed E-state index contributed by atoms with van der Waals surface area (Å²) in [5.41, 5.74) is 4.87. The molecule has 41 heavy (non-hydrogen) atoms. The standard InChI is InChI=1S/C32H35N3O6/c1-6-40-25-15-11-22(19-27(25)41-7-2)31-28-29(21-9-12-23(37-3)13-10-21)33-34-30(28)32(36)35(31)17-16-20-8-14-24(38-4)26(18-20)39-5/h8-15,18-19,31H,6-7,16-17H2,1-5H3,(H,33,34). The molecule has 0 saturated carbocycles. The first-order chi connectivity index (χ1) is 20.0. The Bertz CT molecular complexity index is 1510. The van der Waals surface area contributed by atoms with Gasteiger partial charge in [-0.1, -0.05) is 12.1 Å². The van der Waals surface area contributed by atoms with Crippen LogP contribution in [0.25, 0.3) is 11.3 Å². The minimum atomic E-state index is -0.386. The van der Waals surface area contributed by atoms with Crippen molar-refractivity contribution < 1.29 is 28.5 Å². The van der Waals surface area contributed by atoms with Crippen LogP contribution in [0.1, 0.15) is 47.1 Å². The van der Waals surface area contributed by atoms with Gasteiger partial charge in [0.2, 0.25) is 0 Å². The number of carbonyl (C=O) groups is 1. The van der Waals surface area contributed by atoms with Crippen LogP contribution < -0.4 is 23.7 Å². The van der Waals surface area contributed by atoms with Gasteiger partial charge in [-0.05, 0) is 79.9 Å². The van der Waals surface area contributed by atoms with Gasteiger partial charge < -0.3 is 28.6 Å². The molecule has 1 aliphatic heterocycles. The number of rotatable bonds is 12. The quantitative estimate of drug-likeness (QED) is 0.239. The van der Waals surface area contributed by atoms with E-state index in [2.05, 4.69) is 10.2 Å². The normalized spacial score (nSPS) is 14.1. The van der Waals surface area contributed by atoms with Gasteiger partial charge in [-0.2, -0.15) is 5.10 Å². The van der Waals surface area contributed by atoms with Crippen molar-refractivity contribution in [1.82, 2.24) is 15.1 Å². The number of hydrogen-bond acceptors (Lipinski definition) is 7. The van der Waals surface area contributed by atoms with Gasteiger partial charge in [-0.3, -0.25) is 9.89 Å². The summed E-state index contributed by atoms with van der Waals surface area (Å²) < 4.78 is 28.0. The van der Waals surface area contributed by atoms with Crippen LogP contribution in [0.15, 0.2) is 60.7 Å². The second kappa shape index (κ2) is 12.2. The van der Waals surface area contributed by atoms with Gasteiger partial charge in [-0.25, -0.2) is 0 Å². The predicted molar refractivity (Wildman–Crippen MR) is 155 cm³/mol. The number of amides is 1. The number of aromatic nitrogens is 2. The lowest BCUT2D eigenvalue weighted by Gasteiger charge is -2.27. The number of nitrogens with one attached hydrogen (secondary N) is 1. The van der Waals surface area contributed by atoms with Crippen molar-refractivity contribution in [1.29, 1.82) is 0 Å². The lowest BCUT2D eigenvalue weighted by molar-refractivity contribution is 0.0745. The summed E-state index contributed by atoms with van der Waals surface area (Å²) in [5, 5.41) is 7.62. The number of benzene rings is 3. The van der Waals surface area contributed by atoms with Crippen molar-refractivity contribution >= 4 is 5.91 Å². The molecule has 1 amide bonds. The molecule has 3 aromatic carbocycles. The second-order valence-electron chi connectivity index (χ2n) is 9.50. The van der Waals surface area contributed by atoms with Gasteiger partial charge in [0, 0.05) is 17.7 Å². The van der Waals surface area contributed by atoms with E-state index in [0.717, 1.165) is 33.7 Å². The molecule has 1 atom stereocenters. The number of H-pyrrole nitrogens is 1. The van der Waals surface area contributed by atoms with Crippen LogP contribution in [-0.2, 0) is 6.42 Å². The highest BCUT2D eigenvalue weighted by molar-refractivity contribution is 6.00. The Labute approximate surface area is 239 Å². The van der Waals surface area contributed by atoms with E-state index in [9.17, 15) is 4.79 Å². The molecule has 0 radical (unpaired) electrons. The van der Waals surface area contributed by atoms with Crippen LogP contribution in [0.5, 0.6) is 28.7 Å². The monoisotopic (exact) mass is 557 g/mol. The molecular weight excluding hydrogens is 522 g/mol. The van der Waals surface area contributed by atoms with Crippen LogP contribution in [-0.4, -0.2) is 62.1 Å². The zero-order chi connectivity index (χ0) is 28.9. The smallest absolute Gasteiger partial charge is 0.273 e. The molecule has 0 fully saturated rings. The molecule has 1 unspecified atom stereocenters. The van der Waals surface area contributed by atoms with E-state index >= 15 is 0 Å². The summed E-state index contributed by atoms with van der Waals surface area (Å²) >= 11 is 0. The van der Waals surface area contributed by atoms with Gasteiger partial charge in [0.15, 0.2) is 23.0 Å². The molecule has 0 saturated heterocycles. The fraction of sp³-hybridized carbons (Fsp3) is 0.312. The first-order valence-electron chi connectivity index (χ1n) is 13.7. The summed E-state index contributed by atoms with van der Waals surface area (Å²) in [6.45, 7) is 5.36. The van der Waals surface area contributed by atoms with Crippen LogP contribution in [0.2, 0.25) is 0 Å². The molecule has 1 aromatic heterocycles. The Balaban J connectivity index is 1.56. The van der Waals surface area contributed by atoms with Crippen LogP contribution in [0.3, 0.4) is 0 Å². The molecular formula is C32H35N3O6. The second-order valence-corrected chi connectivity index (χ2v) is 9.50. The molecule has 4 aromatic rings. The molecule has 1 N–H and O–H groups in total. The summed E-state index contributed by atoms with van der Waals surface area (Å²) in [6, 6.07) is 19.0. The number of fused-ring (bicyclic) bond motifs is 1. The number of hydrogen-bond donors (Lipinski definition) is 1. The van der Waals surface area contributed by atoms with Crippen molar-refractivity contribution in [3.05, 3.63) is 83.0 Å². The third-order valence-electron chi connectivity index (χ3n) is 7.20. The molecule has 1 aliphatic rings. The molecule has 0 bridgehead atoms. The topological polar surface area (TPSA) is 95.1 Å². The number of carbonyl (C=O) groups excluding carboxylic acids is 1. The molecule has 0 spiro atoms. The van der Waals surface area contributed by atoms with E-state index in [-0.39, 0.29) is 11.9 Å². The third kappa shape index (κ3) is 5.39. The van der Waals surface area contributed by atoms with Crippen molar-refractivity contribution in [2.75, 3.05) is 41.1 Å². The maximum atomic E-state index is 13.9. The minimum absolute atomic E-state index is 0.107. The third-order valence-corrected chi connectivity index (χ3v) is 7.20. The predicted octanol–water partition coefficient (Wildman–Crippen LogP) is 5.69. The fourth-order valence-electron chi connectivity index (χ4n) is 5.27. The fourth-order valence-corrected chi connectivity index (χ4v) is 5.27. The number of nitrogens with zero attached hydrogens (tertiary/aromatic N) is 2. The number of ether oxygens (including phenoxy) is 5. The van der Waals surface area contributed by atoms with Crippen molar-refractivity contribution in [2.45, 2.75) is 26.3 Å². The van der Waals surface area contributed by atoms with E-state index in [1.807, 2.05) is 79.4 Å². The lowest BCUT2D eigenvalue weighted by Crippen LogP contribution is -2.31. The highest BCUT2D eigenvalue weighted by Crippen LogP contribution is 2.45. The van der Waals surface area contributed by atoms with Crippen LogP contribution in [0, 0.1) is 0 Å². The minimum Gasteiger partial charge on any atom is -0.497 e. The zero-order valence-corrected chi connectivity index (χ0v) is 24.0. The van der Waals surface area contributed by atoms with Gasteiger partial charge in [0.25, 0.3) is 5.91 Å². The molecule has 5 rings (SSSR count). The number of aromatic amines is 1. The Kier molecular flexibility index (Phi) is 8.33. The van der Waals surface area contributed by atoms with Gasteiger partial charge in [-0.15, -0.1) is 0 Å². The lowest BCUT2D eigenvalue weighted by atomic mass is 9.95. The molecule has 0 aliphatic carbocycles. The van der Waals surface area contributed by atoms with Crippen molar-refractivity contribution in [2.24, 2.45) is 0 Å². The Morgan fingerprint density at radius 2 is 1.51 bits per heavy atom. The van der Waals surface area contributed by atoms with Crippen molar-refractivity contribution in [3.8, 4) is 40.0 Å². The first-order valence-corrected chi connectivity index (χ1v) is 13.7. The van der Waals surface area contributed by atoms with E-state index in [0.29, 0.717) is 54.9 Å². The highest BCUT2D eigenvalue weighted by Gasteiger charge is 2.42. The number of methoxy groups -OCH3 is 3. The Morgan fingerprint density at radius 1 is 0.805 bits per heavy atom. The van der Waals surface area contributed by atoms with Crippen molar-refractivity contribution in [3.63, 3.8) is 0 Å². The van der Waals surface area contributed by atoms with E-state index in [1.54, 1.807) is 21.3 Å². The summed E-state index contributed by atoms with van der Waals surface area (Å²) in [4.78, 5) is 15.8. The highest BCUT2D eigenvalue weighted by atomic mass is 16.5. The van der Waals surface area contributed by atoms with E-state index in [4.69, 9.17) is 23.7 Å². The average Bonchev–Trinajstić information content (AvgIpc) is 3.55. The molecule has 9 nitrogen and oxygen atoms in total. The van der Waals surface area contributed by atoms with Gasteiger partial charge in [0.1, 0.15) is 11.4 Å². The van der Waals surface area contributed by atoms with E-state index in [1.165, 1.54) is 0 Å². The summed E-state index contributed by atoms with van der Waals surface area (Å²) in [7, 11) is 4.86. The first kappa shape index (κ1) is 27.9. The van der Waals surface area contributed by atoms with Crippen LogP contribution >= 0.6 is 0 Å². The maximum absolute atomic E-state index is 13.9. The summed E-state index contributed by atoms with van der Waals surface area (Å²) in [6.07, 6.45) is 0.619. The van der Waals surface area contributed by atoms with Gasteiger partial charge in [0.05, 0.1) is 46.3 Å². The average molecular weight is 558 g/mol. The molecule has 2 heterocycles.